The van der Waals surface area contributed by atoms with Gasteiger partial charge in [0.1, 0.15) is 17.2 Å². The van der Waals surface area contributed by atoms with Crippen molar-refractivity contribution in [1.29, 1.82) is 0 Å². The van der Waals surface area contributed by atoms with Crippen LogP contribution < -0.4 is 10.6 Å². The Balaban J connectivity index is 1.40. The number of amides is 2. The lowest BCUT2D eigenvalue weighted by atomic mass is 10.2. The number of hydrogen-bond donors (Lipinski definition) is 2. The van der Waals surface area contributed by atoms with Crippen molar-refractivity contribution < 1.29 is 18.4 Å². The second-order valence-electron chi connectivity index (χ2n) is 7.44. The lowest BCUT2D eigenvalue weighted by Crippen LogP contribution is -2.35. The number of nitrogens with zero attached hydrogens (tertiary/aromatic N) is 2. The summed E-state index contributed by atoms with van der Waals surface area (Å²) in [4.78, 5) is 31.5. The van der Waals surface area contributed by atoms with Crippen molar-refractivity contribution >= 4 is 34.0 Å². The Morgan fingerprint density at radius 1 is 1.06 bits per heavy atom. The number of aryl methyl sites for hydroxylation is 1. The van der Waals surface area contributed by atoms with Crippen molar-refractivity contribution in [2.45, 2.75) is 26.4 Å². The molecule has 0 atom stereocenters. The third-order valence-corrected chi connectivity index (χ3v) is 5.61. The standard InChI is InChI=1S/C24H24N4O4S/c1-17-5-2-6-18(13-17)26-24-27-21(16-33-24)23(30)28(15-20-8-4-12-32-20)10-9-22(29)25-14-19-7-3-11-31-19/h2-8,11-13,16H,9-10,14-15H2,1H3,(H,25,29)(H,26,27). The predicted octanol–water partition coefficient (Wildman–Crippen LogP) is 4.73. The summed E-state index contributed by atoms with van der Waals surface area (Å²) < 4.78 is 10.6. The smallest absolute Gasteiger partial charge is 0.273 e. The van der Waals surface area contributed by atoms with Gasteiger partial charge in [-0.2, -0.15) is 0 Å². The van der Waals surface area contributed by atoms with Crippen LogP contribution in [0.25, 0.3) is 0 Å². The minimum absolute atomic E-state index is 0.145. The van der Waals surface area contributed by atoms with Crippen LogP contribution in [0.5, 0.6) is 0 Å². The second-order valence-corrected chi connectivity index (χ2v) is 8.30. The quantitative estimate of drug-likeness (QED) is 0.352. The molecule has 0 spiro atoms. The number of thiazole rings is 1. The highest BCUT2D eigenvalue weighted by molar-refractivity contribution is 7.14. The lowest BCUT2D eigenvalue weighted by Gasteiger charge is -2.20. The van der Waals surface area contributed by atoms with Gasteiger partial charge in [-0.25, -0.2) is 4.98 Å². The minimum Gasteiger partial charge on any atom is -0.467 e. The van der Waals surface area contributed by atoms with E-state index in [0.29, 0.717) is 28.9 Å². The highest BCUT2D eigenvalue weighted by atomic mass is 32.1. The molecule has 4 aromatic rings. The number of anilines is 2. The lowest BCUT2D eigenvalue weighted by molar-refractivity contribution is -0.121. The molecule has 0 unspecified atom stereocenters. The number of aromatic nitrogens is 1. The minimum atomic E-state index is -0.265. The molecule has 4 rings (SSSR count). The van der Waals surface area contributed by atoms with Gasteiger partial charge in [-0.3, -0.25) is 9.59 Å². The fourth-order valence-corrected chi connectivity index (χ4v) is 3.91. The number of nitrogens with one attached hydrogen (secondary N) is 2. The van der Waals surface area contributed by atoms with Crippen LogP contribution in [0, 0.1) is 6.92 Å². The molecular weight excluding hydrogens is 440 g/mol. The molecule has 1 aromatic carbocycles. The largest absolute Gasteiger partial charge is 0.467 e. The topological polar surface area (TPSA) is 101 Å². The van der Waals surface area contributed by atoms with Crippen molar-refractivity contribution in [3.05, 3.63) is 89.2 Å². The molecular formula is C24H24N4O4S. The molecule has 3 aromatic heterocycles. The van der Waals surface area contributed by atoms with E-state index in [1.807, 2.05) is 31.2 Å². The van der Waals surface area contributed by atoms with Crippen LogP contribution in [0.1, 0.15) is 34.0 Å². The van der Waals surface area contributed by atoms with Crippen LogP contribution >= 0.6 is 11.3 Å². The Bertz CT molecular complexity index is 1190. The van der Waals surface area contributed by atoms with Crippen molar-refractivity contribution in [1.82, 2.24) is 15.2 Å². The molecule has 0 fully saturated rings. The molecule has 0 aliphatic carbocycles. The third kappa shape index (κ3) is 6.33. The van der Waals surface area contributed by atoms with Gasteiger partial charge in [0.05, 0.1) is 25.6 Å². The average molecular weight is 465 g/mol. The fraction of sp³-hybridized carbons (Fsp3) is 0.208. The van der Waals surface area contributed by atoms with E-state index in [1.54, 1.807) is 47.1 Å². The van der Waals surface area contributed by atoms with Crippen molar-refractivity contribution in [3.8, 4) is 0 Å². The molecule has 0 saturated carbocycles. The summed E-state index contributed by atoms with van der Waals surface area (Å²) in [6.07, 6.45) is 3.26. The van der Waals surface area contributed by atoms with E-state index in [1.165, 1.54) is 11.3 Å². The zero-order valence-electron chi connectivity index (χ0n) is 18.1. The molecule has 0 aliphatic heterocycles. The van der Waals surface area contributed by atoms with E-state index in [9.17, 15) is 9.59 Å². The SMILES string of the molecule is Cc1cccc(Nc2nc(C(=O)N(CCC(=O)NCc3ccco3)Cc3ccco3)cs2)c1. The molecule has 0 bridgehead atoms. The molecule has 33 heavy (non-hydrogen) atoms. The Labute approximate surface area is 195 Å². The number of benzene rings is 1. The molecule has 170 valence electrons. The first-order chi connectivity index (χ1) is 16.1. The molecule has 2 amide bonds. The van der Waals surface area contributed by atoms with E-state index in [-0.39, 0.29) is 31.3 Å². The van der Waals surface area contributed by atoms with Gasteiger partial charge in [0.25, 0.3) is 5.91 Å². The number of carbonyl (C=O) groups excluding carboxylic acids is 2. The van der Waals surface area contributed by atoms with Crippen molar-refractivity contribution in [2.24, 2.45) is 0 Å². The van der Waals surface area contributed by atoms with E-state index >= 15 is 0 Å². The van der Waals surface area contributed by atoms with E-state index in [4.69, 9.17) is 8.83 Å². The molecule has 0 radical (unpaired) electrons. The van der Waals surface area contributed by atoms with Gasteiger partial charge in [-0.1, -0.05) is 12.1 Å². The van der Waals surface area contributed by atoms with Crippen LogP contribution in [-0.4, -0.2) is 28.2 Å². The number of rotatable bonds is 10. The summed E-state index contributed by atoms with van der Waals surface area (Å²) in [6.45, 7) is 2.79. The summed E-state index contributed by atoms with van der Waals surface area (Å²) in [6, 6.07) is 15.0. The first kappa shape index (κ1) is 22.3. The van der Waals surface area contributed by atoms with Crippen LogP contribution in [-0.2, 0) is 17.9 Å². The molecule has 8 nitrogen and oxygen atoms in total. The number of carbonyl (C=O) groups is 2. The zero-order chi connectivity index (χ0) is 23.0. The summed E-state index contributed by atoms with van der Waals surface area (Å²) in [5, 5.41) is 8.36. The molecule has 0 aliphatic rings. The summed E-state index contributed by atoms with van der Waals surface area (Å²) in [7, 11) is 0. The average Bonchev–Trinajstić information content (AvgIpc) is 3.58. The Morgan fingerprint density at radius 3 is 2.58 bits per heavy atom. The predicted molar refractivity (Wildman–Crippen MR) is 125 cm³/mol. The monoisotopic (exact) mass is 464 g/mol. The molecule has 3 heterocycles. The van der Waals surface area contributed by atoms with Crippen LogP contribution in [0.2, 0.25) is 0 Å². The second kappa shape index (κ2) is 10.6. The first-order valence-corrected chi connectivity index (χ1v) is 11.3. The van der Waals surface area contributed by atoms with E-state index in [0.717, 1.165) is 11.3 Å². The molecule has 0 saturated heterocycles. The van der Waals surface area contributed by atoms with Crippen LogP contribution in [0.3, 0.4) is 0 Å². The number of hydrogen-bond acceptors (Lipinski definition) is 7. The Morgan fingerprint density at radius 2 is 1.85 bits per heavy atom. The van der Waals surface area contributed by atoms with Crippen molar-refractivity contribution in [3.63, 3.8) is 0 Å². The fourth-order valence-electron chi connectivity index (χ4n) is 3.20. The van der Waals surface area contributed by atoms with Gasteiger partial charge in [0, 0.05) is 24.0 Å². The maximum Gasteiger partial charge on any atom is 0.273 e. The van der Waals surface area contributed by atoms with Crippen molar-refractivity contribution in [2.75, 3.05) is 11.9 Å². The normalized spacial score (nSPS) is 10.7. The summed E-state index contributed by atoms with van der Waals surface area (Å²) >= 11 is 1.35. The van der Waals surface area contributed by atoms with Gasteiger partial charge in [-0.05, 0) is 48.9 Å². The molecule has 2 N–H and O–H groups in total. The van der Waals surface area contributed by atoms with E-state index < -0.39 is 0 Å². The van der Waals surface area contributed by atoms with Gasteiger partial charge in [0.15, 0.2) is 5.13 Å². The van der Waals surface area contributed by atoms with Crippen LogP contribution in [0.15, 0.2) is 75.3 Å². The Kier molecular flexibility index (Phi) is 7.21. The molecule has 9 heteroatoms. The van der Waals surface area contributed by atoms with Gasteiger partial charge in [-0.15, -0.1) is 11.3 Å². The zero-order valence-corrected chi connectivity index (χ0v) is 18.9. The highest BCUT2D eigenvalue weighted by Crippen LogP contribution is 2.23. The summed E-state index contributed by atoms with van der Waals surface area (Å²) in [5.74, 6) is 0.859. The van der Waals surface area contributed by atoms with E-state index in [2.05, 4.69) is 15.6 Å². The summed E-state index contributed by atoms with van der Waals surface area (Å²) in [5.41, 5.74) is 2.35. The maximum absolute atomic E-state index is 13.2. The van der Waals surface area contributed by atoms with Gasteiger partial charge < -0.3 is 24.4 Å². The van der Waals surface area contributed by atoms with Gasteiger partial charge >= 0.3 is 0 Å². The third-order valence-electron chi connectivity index (χ3n) is 4.86. The number of furan rings is 2. The maximum atomic E-state index is 13.2. The first-order valence-electron chi connectivity index (χ1n) is 10.5. The van der Waals surface area contributed by atoms with Crippen LogP contribution in [0.4, 0.5) is 10.8 Å². The van der Waals surface area contributed by atoms with Gasteiger partial charge in [0.2, 0.25) is 5.91 Å². The highest BCUT2D eigenvalue weighted by Gasteiger charge is 2.21. The Hall–Kier alpha value is -3.85.